The molecule has 0 heterocycles. The Morgan fingerprint density at radius 3 is 2.24 bits per heavy atom. The van der Waals surface area contributed by atoms with Crippen LogP contribution in [0, 0.1) is 6.92 Å². The van der Waals surface area contributed by atoms with Crippen molar-refractivity contribution in [3.05, 3.63) is 58.6 Å². The number of anilines is 1. The Hall–Kier alpha value is -2.75. The topological polar surface area (TPSA) is 110 Å². The van der Waals surface area contributed by atoms with Gasteiger partial charge >= 0.3 is 5.97 Å². The van der Waals surface area contributed by atoms with Gasteiger partial charge < -0.3 is 10.1 Å². The van der Waals surface area contributed by atoms with Gasteiger partial charge in [-0.05, 0) is 25.1 Å². The molecule has 33 heavy (non-hydrogen) atoms. The molecule has 0 aliphatic rings. The summed E-state index contributed by atoms with van der Waals surface area (Å²) in [5.41, 5.74) is 1.61. The predicted octanol–water partition coefficient (Wildman–Crippen LogP) is 3.82. The first-order valence-electron chi connectivity index (χ1n) is 10.4. The number of Topliss-reactive ketones (excluding diaryl/α,β-unsaturated/α-hetero) is 1. The van der Waals surface area contributed by atoms with Crippen molar-refractivity contribution in [1.82, 2.24) is 4.31 Å². The van der Waals surface area contributed by atoms with Crippen LogP contribution in [-0.4, -0.2) is 50.1 Å². The molecule has 1 N–H and O–H groups in total. The summed E-state index contributed by atoms with van der Waals surface area (Å²) in [4.78, 5) is 36.2. The van der Waals surface area contributed by atoms with E-state index in [0.717, 1.165) is 5.56 Å². The molecule has 1 amide bonds. The van der Waals surface area contributed by atoms with Gasteiger partial charge in [0.25, 0.3) is 5.91 Å². The van der Waals surface area contributed by atoms with E-state index in [1.807, 2.05) is 19.1 Å². The van der Waals surface area contributed by atoms with Crippen LogP contribution in [0.15, 0.2) is 47.4 Å². The van der Waals surface area contributed by atoms with Crippen LogP contribution in [0.4, 0.5) is 5.69 Å². The second-order valence-electron chi connectivity index (χ2n) is 7.23. The first-order chi connectivity index (χ1) is 15.6. The molecule has 0 aliphatic heterocycles. The number of nitrogens with zero attached hydrogens (tertiary/aromatic N) is 1. The number of carbonyl (C=O) groups excluding carboxylic acids is 3. The number of sulfonamides is 1. The van der Waals surface area contributed by atoms with E-state index in [1.165, 1.54) is 22.5 Å². The summed E-state index contributed by atoms with van der Waals surface area (Å²) in [6.07, 6.45) is -0.209. The monoisotopic (exact) mass is 494 g/mol. The quantitative estimate of drug-likeness (QED) is 0.375. The van der Waals surface area contributed by atoms with Crippen LogP contribution >= 0.6 is 11.6 Å². The number of nitrogens with one attached hydrogen (secondary N) is 1. The predicted molar refractivity (Wildman–Crippen MR) is 126 cm³/mol. The lowest BCUT2D eigenvalue weighted by molar-refractivity contribution is -0.147. The van der Waals surface area contributed by atoms with Gasteiger partial charge in [-0.15, -0.1) is 0 Å². The normalized spacial score (nSPS) is 11.3. The fourth-order valence-electron chi connectivity index (χ4n) is 2.98. The molecular formula is C23H27ClN2O6S. The molecule has 10 heteroatoms. The number of esters is 1. The molecule has 2 rings (SSSR count). The maximum absolute atomic E-state index is 12.7. The first-order valence-corrected chi connectivity index (χ1v) is 12.2. The van der Waals surface area contributed by atoms with Crippen molar-refractivity contribution in [3.63, 3.8) is 0 Å². The number of aryl methyl sites for hydroxylation is 1. The van der Waals surface area contributed by atoms with E-state index in [-0.39, 0.29) is 34.2 Å². The molecule has 0 unspecified atom stereocenters. The summed E-state index contributed by atoms with van der Waals surface area (Å²) in [7, 11) is -3.74. The van der Waals surface area contributed by atoms with Crippen LogP contribution in [0.25, 0.3) is 0 Å². The van der Waals surface area contributed by atoms with Crippen LogP contribution in [0.3, 0.4) is 0 Å². The molecular weight excluding hydrogens is 468 g/mol. The standard InChI is InChI=1S/C23H27ClN2O6S/c1-4-26(5-2)33(30,31)18-10-11-19(24)20(14-18)25-22(28)15-32-23(29)13-12-21(27)17-8-6-16(3)7-9-17/h6-11,14H,4-5,12-13,15H2,1-3H3,(H,25,28). The van der Waals surface area contributed by atoms with E-state index in [0.29, 0.717) is 18.7 Å². The molecule has 0 spiro atoms. The smallest absolute Gasteiger partial charge is 0.306 e. The second kappa shape index (κ2) is 11.9. The third kappa shape index (κ3) is 7.38. The Labute approximate surface area is 198 Å². The Morgan fingerprint density at radius 1 is 1.00 bits per heavy atom. The summed E-state index contributed by atoms with van der Waals surface area (Å²) in [5, 5.41) is 2.59. The van der Waals surface area contributed by atoms with Gasteiger partial charge in [-0.3, -0.25) is 14.4 Å². The molecule has 178 valence electrons. The fourth-order valence-corrected chi connectivity index (χ4v) is 4.63. The molecule has 2 aromatic rings. The van der Waals surface area contributed by atoms with Gasteiger partial charge in [0.15, 0.2) is 12.4 Å². The Balaban J connectivity index is 1.92. The molecule has 0 bridgehead atoms. The number of ether oxygens (including phenoxy) is 1. The van der Waals surface area contributed by atoms with Crippen molar-refractivity contribution < 1.29 is 27.5 Å². The number of rotatable bonds is 11. The molecule has 0 saturated carbocycles. The summed E-state index contributed by atoms with van der Waals surface area (Å²) >= 11 is 6.08. The van der Waals surface area contributed by atoms with Crippen LogP contribution in [0.5, 0.6) is 0 Å². The van der Waals surface area contributed by atoms with Gasteiger partial charge in [-0.25, -0.2) is 8.42 Å². The SMILES string of the molecule is CCN(CC)S(=O)(=O)c1ccc(Cl)c(NC(=O)COC(=O)CCC(=O)c2ccc(C)cc2)c1. The third-order valence-corrected chi connectivity index (χ3v) is 7.22. The van der Waals surface area contributed by atoms with Gasteiger partial charge in [0.05, 0.1) is 22.0 Å². The molecule has 8 nitrogen and oxygen atoms in total. The van der Waals surface area contributed by atoms with E-state index in [1.54, 1.807) is 26.0 Å². The highest BCUT2D eigenvalue weighted by Crippen LogP contribution is 2.27. The Morgan fingerprint density at radius 2 is 1.64 bits per heavy atom. The van der Waals surface area contributed by atoms with Gasteiger partial charge in [0, 0.05) is 25.1 Å². The van der Waals surface area contributed by atoms with Crippen LogP contribution in [0.1, 0.15) is 42.6 Å². The van der Waals surface area contributed by atoms with Crippen LogP contribution < -0.4 is 5.32 Å². The minimum atomic E-state index is -3.74. The maximum Gasteiger partial charge on any atom is 0.306 e. The average molecular weight is 495 g/mol. The molecule has 0 radical (unpaired) electrons. The van der Waals surface area contributed by atoms with E-state index < -0.39 is 28.5 Å². The van der Waals surface area contributed by atoms with Gasteiger partial charge in [0.1, 0.15) is 0 Å². The lowest BCUT2D eigenvalue weighted by atomic mass is 10.1. The summed E-state index contributed by atoms with van der Waals surface area (Å²) < 4.78 is 31.6. The fraction of sp³-hybridized carbons (Fsp3) is 0.348. The zero-order valence-electron chi connectivity index (χ0n) is 18.8. The molecule has 2 aromatic carbocycles. The van der Waals surface area contributed by atoms with Crippen molar-refractivity contribution in [2.45, 2.75) is 38.5 Å². The molecule has 0 atom stereocenters. The summed E-state index contributed by atoms with van der Waals surface area (Å²) in [6.45, 7) is 5.35. The summed E-state index contributed by atoms with van der Waals surface area (Å²) in [5.74, 6) is -1.59. The largest absolute Gasteiger partial charge is 0.456 e. The molecule has 0 aromatic heterocycles. The van der Waals surface area contributed by atoms with Crippen molar-refractivity contribution in [2.75, 3.05) is 25.0 Å². The van der Waals surface area contributed by atoms with E-state index >= 15 is 0 Å². The lowest BCUT2D eigenvalue weighted by Gasteiger charge is -2.19. The minimum Gasteiger partial charge on any atom is -0.456 e. The van der Waals surface area contributed by atoms with Crippen molar-refractivity contribution in [1.29, 1.82) is 0 Å². The number of benzene rings is 2. The number of hydrogen-bond acceptors (Lipinski definition) is 6. The number of amides is 1. The molecule has 0 fully saturated rings. The van der Waals surface area contributed by atoms with E-state index in [2.05, 4.69) is 5.32 Å². The highest BCUT2D eigenvalue weighted by Gasteiger charge is 2.23. The van der Waals surface area contributed by atoms with Crippen molar-refractivity contribution >= 4 is 45.0 Å². The number of carbonyl (C=O) groups is 3. The Kier molecular flexibility index (Phi) is 9.57. The van der Waals surface area contributed by atoms with Crippen LogP contribution in [-0.2, 0) is 24.3 Å². The highest BCUT2D eigenvalue weighted by molar-refractivity contribution is 7.89. The third-order valence-electron chi connectivity index (χ3n) is 4.85. The highest BCUT2D eigenvalue weighted by atomic mass is 35.5. The van der Waals surface area contributed by atoms with Crippen molar-refractivity contribution in [3.8, 4) is 0 Å². The lowest BCUT2D eigenvalue weighted by Crippen LogP contribution is -2.30. The maximum atomic E-state index is 12.7. The van der Waals surface area contributed by atoms with Gasteiger partial charge in [-0.2, -0.15) is 4.31 Å². The van der Waals surface area contributed by atoms with Crippen LogP contribution in [0.2, 0.25) is 5.02 Å². The number of hydrogen-bond donors (Lipinski definition) is 1. The first kappa shape index (κ1) is 26.5. The van der Waals surface area contributed by atoms with E-state index in [9.17, 15) is 22.8 Å². The van der Waals surface area contributed by atoms with E-state index in [4.69, 9.17) is 16.3 Å². The minimum absolute atomic E-state index is 0.0162. The van der Waals surface area contributed by atoms with Gasteiger partial charge in [0.2, 0.25) is 10.0 Å². The summed E-state index contributed by atoms with van der Waals surface area (Å²) in [6, 6.07) is 11.0. The van der Waals surface area contributed by atoms with Gasteiger partial charge in [-0.1, -0.05) is 55.3 Å². The number of halogens is 1. The second-order valence-corrected chi connectivity index (χ2v) is 9.57. The molecule has 0 aliphatic carbocycles. The molecule has 0 saturated heterocycles. The average Bonchev–Trinajstić information content (AvgIpc) is 2.78. The number of ketones is 1. The van der Waals surface area contributed by atoms with Crippen molar-refractivity contribution in [2.24, 2.45) is 0 Å². The Bertz CT molecular complexity index is 1110. The zero-order valence-corrected chi connectivity index (χ0v) is 20.3. The zero-order chi connectivity index (χ0) is 24.6.